The second kappa shape index (κ2) is 5.21. The second-order valence-corrected chi connectivity index (χ2v) is 5.37. The van der Waals surface area contributed by atoms with Crippen LogP contribution in [0, 0.1) is 5.92 Å². The molecule has 1 aromatic heterocycles. The molecule has 0 radical (unpaired) electrons. The van der Waals surface area contributed by atoms with Crippen molar-refractivity contribution in [3.05, 3.63) is 11.8 Å². The lowest BCUT2D eigenvalue weighted by Gasteiger charge is -2.12. The summed E-state index contributed by atoms with van der Waals surface area (Å²) in [6.45, 7) is 5.08. The van der Waals surface area contributed by atoms with Crippen LogP contribution in [0.15, 0.2) is 6.07 Å². The summed E-state index contributed by atoms with van der Waals surface area (Å²) in [4.78, 5) is 13.6. The molecule has 2 unspecified atom stereocenters. The van der Waals surface area contributed by atoms with Gasteiger partial charge in [-0.3, -0.25) is 14.8 Å². The van der Waals surface area contributed by atoms with E-state index >= 15 is 0 Å². The maximum absolute atomic E-state index is 11.8. The highest BCUT2D eigenvalue weighted by Gasteiger charge is 2.31. The lowest BCUT2D eigenvalue weighted by atomic mass is 10.1. The third-order valence-corrected chi connectivity index (χ3v) is 4.34. The summed E-state index contributed by atoms with van der Waals surface area (Å²) < 4.78 is 0. The van der Waals surface area contributed by atoms with Crippen LogP contribution in [0.25, 0.3) is 0 Å². The monoisotopic (exact) mass is 299 g/mol. The summed E-state index contributed by atoms with van der Waals surface area (Å²) in [5.41, 5.74) is 1.11. The van der Waals surface area contributed by atoms with Gasteiger partial charge in [-0.1, -0.05) is 29.8 Å². The van der Waals surface area contributed by atoms with Crippen LogP contribution in [0.5, 0.6) is 0 Å². The van der Waals surface area contributed by atoms with E-state index in [1.807, 2.05) is 6.07 Å². The molecule has 1 aliphatic heterocycles. The zero-order valence-corrected chi connectivity index (χ0v) is 11.8. The third kappa shape index (κ3) is 2.54. The summed E-state index contributed by atoms with van der Waals surface area (Å²) >= 11 is 3.44. The van der Waals surface area contributed by atoms with E-state index in [4.69, 9.17) is 0 Å². The Labute approximate surface area is 110 Å². The summed E-state index contributed by atoms with van der Waals surface area (Å²) in [5, 5.41) is 8.16. The number of aromatic amines is 1. The lowest BCUT2D eigenvalue weighted by molar-refractivity contribution is -0.117. The number of hydrogen-bond acceptors (Lipinski definition) is 2. The maximum atomic E-state index is 11.8. The highest BCUT2D eigenvalue weighted by Crippen LogP contribution is 2.27. The number of nitrogens with one attached hydrogen (secondary N) is 1. The van der Waals surface area contributed by atoms with Gasteiger partial charge in [0.05, 0.1) is 0 Å². The Morgan fingerprint density at radius 2 is 2.47 bits per heavy atom. The van der Waals surface area contributed by atoms with Crippen LogP contribution in [0.4, 0.5) is 5.82 Å². The molecule has 0 saturated carbocycles. The van der Waals surface area contributed by atoms with Gasteiger partial charge >= 0.3 is 0 Å². The van der Waals surface area contributed by atoms with Crippen LogP contribution < -0.4 is 4.90 Å². The number of amides is 1. The molecule has 1 saturated heterocycles. The fourth-order valence-electron chi connectivity index (χ4n) is 2.04. The van der Waals surface area contributed by atoms with Crippen LogP contribution in [-0.4, -0.2) is 28.0 Å². The molecule has 2 rings (SSSR count). The average Bonchev–Trinajstić information content (AvgIpc) is 2.94. The minimum atomic E-state index is 0.177. The molecule has 1 fully saturated rings. The Balaban J connectivity index is 2.12. The molecule has 0 aromatic carbocycles. The SMILES string of the molecule is CCC(C)c1cc(N2CC(CBr)CC2=O)n[nH]1. The van der Waals surface area contributed by atoms with Gasteiger partial charge in [-0.2, -0.15) is 5.10 Å². The van der Waals surface area contributed by atoms with Crippen LogP contribution in [0.1, 0.15) is 38.3 Å². The zero-order chi connectivity index (χ0) is 12.4. The zero-order valence-electron chi connectivity index (χ0n) is 10.2. The first-order valence-electron chi connectivity index (χ1n) is 6.07. The Kier molecular flexibility index (Phi) is 3.86. The Bertz CT molecular complexity index is 404. The fraction of sp³-hybridized carbons (Fsp3) is 0.667. The van der Waals surface area contributed by atoms with Crippen molar-refractivity contribution >= 4 is 27.7 Å². The van der Waals surface area contributed by atoms with Crippen LogP contribution in [0.2, 0.25) is 0 Å². The minimum Gasteiger partial charge on any atom is -0.295 e. The molecule has 94 valence electrons. The number of anilines is 1. The van der Waals surface area contributed by atoms with E-state index in [0.717, 1.165) is 29.8 Å². The summed E-state index contributed by atoms with van der Waals surface area (Å²) in [6, 6.07) is 2.00. The molecule has 0 bridgehead atoms. The molecule has 1 amide bonds. The van der Waals surface area contributed by atoms with E-state index in [-0.39, 0.29) is 5.91 Å². The topological polar surface area (TPSA) is 49.0 Å². The molecule has 5 heteroatoms. The Morgan fingerprint density at radius 3 is 3.06 bits per heavy atom. The van der Waals surface area contributed by atoms with E-state index in [1.54, 1.807) is 4.90 Å². The smallest absolute Gasteiger partial charge is 0.228 e. The number of nitrogens with zero attached hydrogens (tertiary/aromatic N) is 2. The fourth-order valence-corrected chi connectivity index (χ4v) is 2.48. The normalized spacial score (nSPS) is 22.2. The van der Waals surface area contributed by atoms with Crippen molar-refractivity contribution < 1.29 is 4.79 Å². The maximum Gasteiger partial charge on any atom is 0.228 e. The van der Waals surface area contributed by atoms with Crippen molar-refractivity contribution in [1.82, 2.24) is 10.2 Å². The molecule has 0 aliphatic carbocycles. The molecule has 0 spiro atoms. The molecular formula is C12H18BrN3O. The second-order valence-electron chi connectivity index (χ2n) is 4.72. The van der Waals surface area contributed by atoms with Gasteiger partial charge in [0.1, 0.15) is 0 Å². The first kappa shape index (κ1) is 12.6. The molecule has 2 atom stereocenters. The number of carbonyl (C=O) groups is 1. The van der Waals surface area contributed by atoms with Crippen LogP contribution in [-0.2, 0) is 4.79 Å². The van der Waals surface area contributed by atoms with Crippen LogP contribution >= 0.6 is 15.9 Å². The number of hydrogen-bond donors (Lipinski definition) is 1. The highest BCUT2D eigenvalue weighted by molar-refractivity contribution is 9.09. The quantitative estimate of drug-likeness (QED) is 0.869. The summed E-state index contributed by atoms with van der Waals surface area (Å²) in [7, 11) is 0. The summed E-state index contributed by atoms with van der Waals surface area (Å²) in [5.74, 6) is 1.82. The molecule has 17 heavy (non-hydrogen) atoms. The van der Waals surface area contributed by atoms with E-state index < -0.39 is 0 Å². The van der Waals surface area contributed by atoms with Crippen LogP contribution in [0.3, 0.4) is 0 Å². The molecule has 2 heterocycles. The molecule has 4 nitrogen and oxygen atoms in total. The van der Waals surface area contributed by atoms with Gasteiger partial charge in [0.25, 0.3) is 0 Å². The number of H-pyrrole nitrogens is 1. The van der Waals surface area contributed by atoms with Gasteiger partial charge < -0.3 is 0 Å². The third-order valence-electron chi connectivity index (χ3n) is 3.43. The van der Waals surface area contributed by atoms with Crippen molar-refractivity contribution in [2.75, 3.05) is 16.8 Å². The Hall–Kier alpha value is -0.840. The number of alkyl halides is 1. The van der Waals surface area contributed by atoms with Crippen molar-refractivity contribution in [2.24, 2.45) is 5.92 Å². The molecule has 1 N–H and O–H groups in total. The molecule has 1 aromatic rings. The highest BCUT2D eigenvalue weighted by atomic mass is 79.9. The Morgan fingerprint density at radius 1 is 1.71 bits per heavy atom. The van der Waals surface area contributed by atoms with E-state index in [1.165, 1.54) is 0 Å². The van der Waals surface area contributed by atoms with Crippen molar-refractivity contribution in [3.63, 3.8) is 0 Å². The first-order valence-corrected chi connectivity index (χ1v) is 7.19. The van der Waals surface area contributed by atoms with Gasteiger partial charge in [-0.05, 0) is 18.3 Å². The number of carbonyl (C=O) groups excluding carboxylic acids is 1. The van der Waals surface area contributed by atoms with Gasteiger partial charge in [-0.25, -0.2) is 0 Å². The van der Waals surface area contributed by atoms with E-state index in [2.05, 4.69) is 40.0 Å². The largest absolute Gasteiger partial charge is 0.295 e. The standard InChI is InChI=1S/C12H18BrN3O/c1-3-8(2)10-5-11(15-14-10)16-7-9(6-13)4-12(16)17/h5,8-9H,3-4,6-7H2,1-2H3,(H,14,15). The van der Waals surface area contributed by atoms with Gasteiger partial charge in [0, 0.05) is 30.1 Å². The molecule has 1 aliphatic rings. The van der Waals surface area contributed by atoms with Gasteiger partial charge in [0.2, 0.25) is 5.91 Å². The average molecular weight is 300 g/mol. The first-order chi connectivity index (χ1) is 8.15. The predicted molar refractivity (Wildman–Crippen MR) is 71.5 cm³/mol. The minimum absolute atomic E-state index is 0.177. The number of aromatic nitrogens is 2. The van der Waals surface area contributed by atoms with E-state index in [0.29, 0.717) is 18.3 Å². The lowest BCUT2D eigenvalue weighted by Crippen LogP contribution is -2.24. The van der Waals surface area contributed by atoms with Gasteiger partial charge in [0.15, 0.2) is 5.82 Å². The van der Waals surface area contributed by atoms with E-state index in [9.17, 15) is 4.79 Å². The predicted octanol–water partition coefficient (Wildman–Crippen LogP) is 2.67. The summed E-state index contributed by atoms with van der Waals surface area (Å²) in [6.07, 6.45) is 1.69. The van der Waals surface area contributed by atoms with Crippen molar-refractivity contribution in [3.8, 4) is 0 Å². The number of rotatable bonds is 4. The number of halogens is 1. The van der Waals surface area contributed by atoms with Crippen molar-refractivity contribution in [2.45, 2.75) is 32.6 Å². The van der Waals surface area contributed by atoms with Gasteiger partial charge in [-0.15, -0.1) is 0 Å². The molecular weight excluding hydrogens is 282 g/mol. The van der Waals surface area contributed by atoms with Crippen molar-refractivity contribution in [1.29, 1.82) is 0 Å².